The molecule has 0 saturated carbocycles. The first-order valence-electron chi connectivity index (χ1n) is 7.90. The van der Waals surface area contributed by atoms with E-state index in [1.807, 2.05) is 43.5 Å². The van der Waals surface area contributed by atoms with Gasteiger partial charge in [-0.05, 0) is 55.0 Å². The lowest BCUT2D eigenvalue weighted by molar-refractivity contribution is 0.0735. The molecule has 0 atom stereocenters. The molecular formula is C20H15N3O2. The highest BCUT2D eigenvalue weighted by Gasteiger charge is 2.10. The second-order valence-corrected chi connectivity index (χ2v) is 5.67. The van der Waals surface area contributed by atoms with Crippen molar-refractivity contribution in [1.82, 2.24) is 14.6 Å². The Hall–Kier alpha value is -3.47. The summed E-state index contributed by atoms with van der Waals surface area (Å²) in [6, 6.07) is 20.0. The molecule has 5 nitrogen and oxygen atoms in total. The lowest BCUT2D eigenvalue weighted by Crippen LogP contribution is -2.07. The van der Waals surface area contributed by atoms with Gasteiger partial charge in [0, 0.05) is 11.8 Å². The third kappa shape index (κ3) is 2.99. The van der Waals surface area contributed by atoms with Crippen molar-refractivity contribution in [2.45, 2.75) is 6.92 Å². The molecule has 0 aliphatic carbocycles. The van der Waals surface area contributed by atoms with Gasteiger partial charge in [0.2, 0.25) is 0 Å². The third-order valence-electron chi connectivity index (χ3n) is 3.89. The molecule has 0 aliphatic rings. The molecular weight excluding hydrogens is 314 g/mol. The third-order valence-corrected chi connectivity index (χ3v) is 3.89. The van der Waals surface area contributed by atoms with Crippen molar-refractivity contribution >= 4 is 11.6 Å². The number of esters is 1. The standard InChI is InChI=1S/C20H15N3O2/c1-14-6-5-13-23-19(14)21-18(22-23)15-9-11-17(12-10-15)25-20(24)16-7-3-2-4-8-16/h2-13H,1H3. The molecule has 0 unspecified atom stereocenters. The minimum absolute atomic E-state index is 0.380. The molecule has 4 aromatic rings. The molecule has 2 aromatic heterocycles. The number of benzene rings is 2. The van der Waals surface area contributed by atoms with Crippen molar-refractivity contribution in [3.63, 3.8) is 0 Å². The van der Waals surface area contributed by atoms with Crippen LogP contribution in [-0.4, -0.2) is 20.6 Å². The number of hydrogen-bond donors (Lipinski definition) is 0. The van der Waals surface area contributed by atoms with Gasteiger partial charge < -0.3 is 4.74 Å². The van der Waals surface area contributed by atoms with E-state index in [0.717, 1.165) is 16.8 Å². The van der Waals surface area contributed by atoms with Crippen molar-refractivity contribution in [2.75, 3.05) is 0 Å². The summed E-state index contributed by atoms with van der Waals surface area (Å²) in [5.41, 5.74) is 3.28. The number of carbonyl (C=O) groups excluding carboxylic acids is 1. The molecule has 5 heteroatoms. The summed E-state index contributed by atoms with van der Waals surface area (Å²) in [7, 11) is 0. The van der Waals surface area contributed by atoms with E-state index in [4.69, 9.17) is 4.74 Å². The Morgan fingerprint density at radius 1 is 0.960 bits per heavy atom. The Morgan fingerprint density at radius 2 is 1.72 bits per heavy atom. The van der Waals surface area contributed by atoms with Gasteiger partial charge in [-0.1, -0.05) is 24.3 Å². The first-order valence-corrected chi connectivity index (χ1v) is 7.90. The molecule has 2 aromatic carbocycles. The van der Waals surface area contributed by atoms with Gasteiger partial charge in [0.15, 0.2) is 11.5 Å². The molecule has 2 heterocycles. The number of ether oxygens (including phenoxy) is 1. The van der Waals surface area contributed by atoms with Gasteiger partial charge in [0.25, 0.3) is 0 Å². The number of carbonyl (C=O) groups is 1. The van der Waals surface area contributed by atoms with Crippen LogP contribution in [0.25, 0.3) is 17.0 Å². The maximum atomic E-state index is 12.1. The molecule has 0 amide bonds. The number of pyridine rings is 1. The van der Waals surface area contributed by atoms with Crippen LogP contribution in [0.15, 0.2) is 72.9 Å². The SMILES string of the molecule is Cc1cccn2nc(-c3ccc(OC(=O)c4ccccc4)cc3)nc12. The molecule has 0 N–H and O–H groups in total. The zero-order valence-corrected chi connectivity index (χ0v) is 13.6. The summed E-state index contributed by atoms with van der Waals surface area (Å²) in [5.74, 6) is 0.739. The smallest absolute Gasteiger partial charge is 0.343 e. The molecule has 4 rings (SSSR count). The van der Waals surface area contributed by atoms with Crippen LogP contribution in [0.2, 0.25) is 0 Å². The quantitative estimate of drug-likeness (QED) is 0.422. The van der Waals surface area contributed by atoms with Gasteiger partial charge in [-0.25, -0.2) is 14.3 Å². The highest BCUT2D eigenvalue weighted by atomic mass is 16.5. The highest BCUT2D eigenvalue weighted by molar-refractivity contribution is 5.91. The summed E-state index contributed by atoms with van der Waals surface area (Å²) in [5, 5.41) is 4.48. The van der Waals surface area contributed by atoms with Gasteiger partial charge in [0.05, 0.1) is 5.56 Å². The minimum atomic E-state index is -0.380. The van der Waals surface area contributed by atoms with Crippen LogP contribution in [-0.2, 0) is 0 Å². The molecule has 0 aliphatic heterocycles. The minimum Gasteiger partial charge on any atom is -0.423 e. The van der Waals surface area contributed by atoms with Gasteiger partial charge in [-0.2, -0.15) is 0 Å². The Bertz CT molecular complexity index is 1040. The second-order valence-electron chi connectivity index (χ2n) is 5.67. The van der Waals surface area contributed by atoms with Gasteiger partial charge in [0.1, 0.15) is 5.75 Å². The number of aromatic nitrogens is 3. The summed E-state index contributed by atoms with van der Waals surface area (Å²) in [6.07, 6.45) is 1.87. The maximum Gasteiger partial charge on any atom is 0.343 e. The van der Waals surface area contributed by atoms with Crippen LogP contribution in [0.4, 0.5) is 0 Å². The Kier molecular flexibility index (Phi) is 3.74. The van der Waals surface area contributed by atoms with Crippen LogP contribution < -0.4 is 4.74 Å². The van der Waals surface area contributed by atoms with E-state index < -0.39 is 0 Å². The van der Waals surface area contributed by atoms with E-state index in [9.17, 15) is 4.79 Å². The average molecular weight is 329 g/mol. The van der Waals surface area contributed by atoms with Crippen molar-refractivity contribution in [3.8, 4) is 17.1 Å². The lowest BCUT2D eigenvalue weighted by atomic mass is 10.2. The average Bonchev–Trinajstić information content (AvgIpc) is 3.09. The topological polar surface area (TPSA) is 56.5 Å². The van der Waals surface area contributed by atoms with E-state index in [1.54, 1.807) is 40.9 Å². The molecule has 0 saturated heterocycles. The highest BCUT2D eigenvalue weighted by Crippen LogP contribution is 2.21. The fourth-order valence-electron chi connectivity index (χ4n) is 2.57. The summed E-state index contributed by atoms with van der Waals surface area (Å²) in [6.45, 7) is 2.00. The van der Waals surface area contributed by atoms with Gasteiger partial charge in [-0.15, -0.1) is 5.10 Å². The number of rotatable bonds is 3. The van der Waals surface area contributed by atoms with E-state index in [-0.39, 0.29) is 5.97 Å². The van der Waals surface area contributed by atoms with E-state index in [0.29, 0.717) is 17.1 Å². The molecule has 0 fully saturated rings. The van der Waals surface area contributed by atoms with E-state index >= 15 is 0 Å². The lowest BCUT2D eigenvalue weighted by Gasteiger charge is -2.04. The first kappa shape index (κ1) is 15.1. The first-order chi connectivity index (χ1) is 12.2. The number of aryl methyl sites for hydroxylation is 1. The zero-order chi connectivity index (χ0) is 17.2. The monoisotopic (exact) mass is 329 g/mol. The largest absolute Gasteiger partial charge is 0.423 e. The number of fused-ring (bicyclic) bond motifs is 1. The van der Waals surface area contributed by atoms with Crippen LogP contribution in [0.1, 0.15) is 15.9 Å². The van der Waals surface area contributed by atoms with Crippen LogP contribution >= 0.6 is 0 Å². The van der Waals surface area contributed by atoms with Crippen molar-refractivity contribution < 1.29 is 9.53 Å². The van der Waals surface area contributed by atoms with Crippen LogP contribution in [0.5, 0.6) is 5.75 Å². The maximum absolute atomic E-state index is 12.1. The fraction of sp³-hybridized carbons (Fsp3) is 0.0500. The van der Waals surface area contributed by atoms with E-state index in [1.165, 1.54) is 0 Å². The Balaban J connectivity index is 1.57. The molecule has 0 bridgehead atoms. The number of nitrogens with zero attached hydrogens (tertiary/aromatic N) is 3. The van der Waals surface area contributed by atoms with E-state index in [2.05, 4.69) is 10.1 Å². The molecule has 25 heavy (non-hydrogen) atoms. The van der Waals surface area contributed by atoms with Gasteiger partial charge >= 0.3 is 5.97 Å². The zero-order valence-electron chi connectivity index (χ0n) is 13.6. The normalized spacial score (nSPS) is 10.8. The second kappa shape index (κ2) is 6.20. The van der Waals surface area contributed by atoms with Crippen molar-refractivity contribution in [2.24, 2.45) is 0 Å². The Labute approximate surface area is 144 Å². The Morgan fingerprint density at radius 3 is 2.44 bits per heavy atom. The summed E-state index contributed by atoms with van der Waals surface area (Å²) in [4.78, 5) is 16.6. The van der Waals surface area contributed by atoms with Crippen molar-refractivity contribution in [1.29, 1.82) is 0 Å². The summed E-state index contributed by atoms with van der Waals surface area (Å²) >= 11 is 0. The fourth-order valence-corrected chi connectivity index (χ4v) is 2.57. The molecule has 0 radical (unpaired) electrons. The molecule has 122 valence electrons. The predicted octanol–water partition coefficient (Wildman–Crippen LogP) is 3.92. The number of hydrogen-bond acceptors (Lipinski definition) is 4. The van der Waals surface area contributed by atoms with Crippen molar-refractivity contribution in [3.05, 3.63) is 84.1 Å². The van der Waals surface area contributed by atoms with Gasteiger partial charge in [-0.3, -0.25) is 0 Å². The predicted molar refractivity (Wildman–Crippen MR) is 94.6 cm³/mol. The molecule has 0 spiro atoms. The summed E-state index contributed by atoms with van der Waals surface area (Å²) < 4.78 is 7.14. The van der Waals surface area contributed by atoms with Crippen LogP contribution in [0.3, 0.4) is 0 Å². The van der Waals surface area contributed by atoms with Crippen LogP contribution in [0, 0.1) is 6.92 Å².